The SMILES string of the molecule is Cc1cc(-c2onc(C)c2CCC(=O)O)ccc1F. The van der Waals surface area contributed by atoms with Gasteiger partial charge in [-0.3, -0.25) is 4.79 Å². The summed E-state index contributed by atoms with van der Waals surface area (Å²) in [4.78, 5) is 10.7. The Kier molecular flexibility index (Phi) is 3.64. The maximum Gasteiger partial charge on any atom is 0.303 e. The molecule has 0 unspecified atom stereocenters. The summed E-state index contributed by atoms with van der Waals surface area (Å²) in [7, 11) is 0. The van der Waals surface area contributed by atoms with Crippen LogP contribution >= 0.6 is 0 Å². The van der Waals surface area contributed by atoms with Gasteiger partial charge in [0, 0.05) is 17.5 Å². The molecule has 0 aliphatic rings. The molecule has 1 aromatic heterocycles. The Morgan fingerprint density at radius 1 is 1.42 bits per heavy atom. The molecule has 0 radical (unpaired) electrons. The molecule has 1 heterocycles. The van der Waals surface area contributed by atoms with Gasteiger partial charge < -0.3 is 9.63 Å². The Balaban J connectivity index is 2.38. The lowest BCUT2D eigenvalue weighted by Crippen LogP contribution is -1.99. The quantitative estimate of drug-likeness (QED) is 0.920. The normalized spacial score (nSPS) is 10.7. The second-order valence-electron chi connectivity index (χ2n) is 4.43. The molecule has 0 aliphatic carbocycles. The molecule has 0 amide bonds. The van der Waals surface area contributed by atoms with Crippen LogP contribution in [0.3, 0.4) is 0 Å². The maximum atomic E-state index is 13.3. The fourth-order valence-electron chi connectivity index (χ4n) is 1.93. The highest BCUT2D eigenvalue weighted by Gasteiger charge is 2.16. The van der Waals surface area contributed by atoms with Crippen molar-refractivity contribution < 1.29 is 18.8 Å². The molecule has 0 saturated heterocycles. The molecular formula is C14H14FNO3. The van der Waals surface area contributed by atoms with Crippen LogP contribution in [0, 0.1) is 19.7 Å². The van der Waals surface area contributed by atoms with Gasteiger partial charge in [0.1, 0.15) is 5.82 Å². The predicted octanol–water partition coefficient (Wildman–Crippen LogP) is 3.11. The summed E-state index contributed by atoms with van der Waals surface area (Å²) < 4.78 is 18.5. The van der Waals surface area contributed by atoms with Crippen molar-refractivity contribution in [1.29, 1.82) is 0 Å². The molecule has 0 spiro atoms. The molecule has 0 saturated carbocycles. The first-order valence-electron chi connectivity index (χ1n) is 5.92. The van der Waals surface area contributed by atoms with Gasteiger partial charge >= 0.3 is 5.97 Å². The van der Waals surface area contributed by atoms with Crippen LogP contribution in [-0.4, -0.2) is 16.2 Å². The van der Waals surface area contributed by atoms with Crippen LogP contribution in [0.4, 0.5) is 4.39 Å². The van der Waals surface area contributed by atoms with Crippen LogP contribution < -0.4 is 0 Å². The first kappa shape index (κ1) is 13.3. The number of nitrogens with zero attached hydrogens (tertiary/aromatic N) is 1. The average molecular weight is 263 g/mol. The number of aryl methyl sites for hydroxylation is 2. The molecule has 2 aromatic rings. The summed E-state index contributed by atoms with van der Waals surface area (Å²) in [5.74, 6) is -0.643. The fourth-order valence-corrected chi connectivity index (χ4v) is 1.93. The Labute approximate surface area is 109 Å². The molecule has 0 aliphatic heterocycles. The standard InChI is InChI=1S/C14H14FNO3/c1-8-7-10(3-5-12(8)15)14-11(4-6-13(17)18)9(2)16-19-14/h3,5,7H,4,6H2,1-2H3,(H,17,18). The number of aromatic nitrogens is 1. The van der Waals surface area contributed by atoms with Crippen molar-refractivity contribution in [3.05, 3.63) is 40.8 Å². The molecule has 19 heavy (non-hydrogen) atoms. The molecule has 1 aromatic carbocycles. The van der Waals surface area contributed by atoms with E-state index in [0.717, 1.165) is 5.56 Å². The van der Waals surface area contributed by atoms with Gasteiger partial charge in [0.25, 0.3) is 0 Å². The van der Waals surface area contributed by atoms with Gasteiger partial charge in [0.15, 0.2) is 5.76 Å². The first-order valence-corrected chi connectivity index (χ1v) is 5.92. The van der Waals surface area contributed by atoms with Crippen molar-refractivity contribution in [2.75, 3.05) is 0 Å². The molecule has 0 atom stereocenters. The number of hydrogen-bond acceptors (Lipinski definition) is 3. The summed E-state index contributed by atoms with van der Waals surface area (Å²) in [5, 5.41) is 12.6. The molecular weight excluding hydrogens is 249 g/mol. The van der Waals surface area contributed by atoms with Gasteiger partial charge in [-0.05, 0) is 44.0 Å². The van der Waals surface area contributed by atoms with Crippen molar-refractivity contribution in [1.82, 2.24) is 5.16 Å². The summed E-state index contributed by atoms with van der Waals surface area (Å²) in [6, 6.07) is 4.63. The second-order valence-corrected chi connectivity index (χ2v) is 4.43. The molecule has 100 valence electrons. The molecule has 2 rings (SSSR count). The third-order valence-corrected chi connectivity index (χ3v) is 2.99. The molecule has 0 bridgehead atoms. The van der Waals surface area contributed by atoms with Gasteiger partial charge in [-0.2, -0.15) is 0 Å². The van der Waals surface area contributed by atoms with Crippen LogP contribution in [-0.2, 0) is 11.2 Å². The summed E-state index contributed by atoms with van der Waals surface area (Å²) in [5.41, 5.74) is 2.64. The van der Waals surface area contributed by atoms with Gasteiger partial charge in [0.2, 0.25) is 0 Å². The third-order valence-electron chi connectivity index (χ3n) is 2.99. The van der Waals surface area contributed by atoms with E-state index in [-0.39, 0.29) is 12.2 Å². The Hall–Kier alpha value is -2.17. The van der Waals surface area contributed by atoms with E-state index in [1.807, 2.05) is 0 Å². The van der Waals surface area contributed by atoms with Gasteiger partial charge in [-0.15, -0.1) is 0 Å². The van der Waals surface area contributed by atoms with Crippen molar-refractivity contribution in [2.24, 2.45) is 0 Å². The van der Waals surface area contributed by atoms with E-state index in [4.69, 9.17) is 9.63 Å². The monoisotopic (exact) mass is 263 g/mol. The van der Waals surface area contributed by atoms with E-state index in [0.29, 0.717) is 29.0 Å². The topological polar surface area (TPSA) is 63.3 Å². The van der Waals surface area contributed by atoms with Crippen LogP contribution in [0.25, 0.3) is 11.3 Å². The van der Waals surface area contributed by atoms with Crippen molar-refractivity contribution in [2.45, 2.75) is 26.7 Å². The van der Waals surface area contributed by atoms with E-state index in [2.05, 4.69) is 5.16 Å². The lowest BCUT2D eigenvalue weighted by Gasteiger charge is -2.03. The number of benzene rings is 1. The van der Waals surface area contributed by atoms with E-state index >= 15 is 0 Å². The first-order chi connectivity index (χ1) is 8.99. The molecule has 5 heteroatoms. The predicted molar refractivity (Wildman–Crippen MR) is 67.3 cm³/mol. The summed E-state index contributed by atoms with van der Waals surface area (Å²) in [6.07, 6.45) is 0.353. The van der Waals surface area contributed by atoms with E-state index in [1.54, 1.807) is 26.0 Å². The average Bonchev–Trinajstić information content (AvgIpc) is 2.71. The summed E-state index contributed by atoms with van der Waals surface area (Å²) in [6.45, 7) is 3.43. The van der Waals surface area contributed by atoms with Gasteiger partial charge in [-0.25, -0.2) is 4.39 Å². The zero-order chi connectivity index (χ0) is 14.0. The van der Waals surface area contributed by atoms with Crippen LogP contribution in [0.1, 0.15) is 23.2 Å². The Morgan fingerprint density at radius 3 is 2.79 bits per heavy atom. The molecule has 4 nitrogen and oxygen atoms in total. The van der Waals surface area contributed by atoms with Crippen LogP contribution in [0.2, 0.25) is 0 Å². The molecule has 1 N–H and O–H groups in total. The highest BCUT2D eigenvalue weighted by molar-refractivity contribution is 5.69. The number of carbonyl (C=O) groups is 1. The minimum Gasteiger partial charge on any atom is -0.481 e. The van der Waals surface area contributed by atoms with Crippen molar-refractivity contribution in [3.63, 3.8) is 0 Å². The smallest absolute Gasteiger partial charge is 0.303 e. The zero-order valence-electron chi connectivity index (χ0n) is 10.7. The highest BCUT2D eigenvalue weighted by atomic mass is 19.1. The van der Waals surface area contributed by atoms with Gasteiger partial charge in [-0.1, -0.05) is 5.16 Å². The largest absolute Gasteiger partial charge is 0.481 e. The van der Waals surface area contributed by atoms with Crippen molar-refractivity contribution in [3.8, 4) is 11.3 Å². The van der Waals surface area contributed by atoms with Crippen molar-refractivity contribution >= 4 is 5.97 Å². The second kappa shape index (κ2) is 5.22. The number of carboxylic acid groups (broad SMARTS) is 1. The zero-order valence-corrected chi connectivity index (χ0v) is 10.7. The summed E-state index contributed by atoms with van der Waals surface area (Å²) >= 11 is 0. The Bertz CT molecular complexity index is 619. The van der Waals surface area contributed by atoms with E-state index in [1.165, 1.54) is 6.07 Å². The minimum atomic E-state index is -0.873. The number of halogens is 1. The highest BCUT2D eigenvalue weighted by Crippen LogP contribution is 2.28. The van der Waals surface area contributed by atoms with Crippen LogP contribution in [0.5, 0.6) is 0 Å². The number of carboxylic acids is 1. The van der Waals surface area contributed by atoms with E-state index < -0.39 is 5.97 Å². The third kappa shape index (κ3) is 2.81. The van der Waals surface area contributed by atoms with Gasteiger partial charge in [0.05, 0.1) is 5.69 Å². The number of aliphatic carboxylic acids is 1. The minimum absolute atomic E-state index is 0.00916. The van der Waals surface area contributed by atoms with E-state index in [9.17, 15) is 9.18 Å². The lowest BCUT2D eigenvalue weighted by atomic mass is 10.0. The Morgan fingerprint density at radius 2 is 2.16 bits per heavy atom. The number of hydrogen-bond donors (Lipinski definition) is 1. The molecule has 0 fully saturated rings. The van der Waals surface area contributed by atoms with Crippen LogP contribution in [0.15, 0.2) is 22.7 Å². The fraction of sp³-hybridized carbons (Fsp3) is 0.286. The number of rotatable bonds is 4. The lowest BCUT2D eigenvalue weighted by molar-refractivity contribution is -0.136. The maximum absolute atomic E-state index is 13.3.